The van der Waals surface area contributed by atoms with E-state index < -0.39 is 0 Å². The molecule has 4 heteroatoms. The molecule has 2 atom stereocenters. The van der Waals surface area contributed by atoms with Crippen molar-refractivity contribution >= 4 is 11.3 Å². The Hall–Kier alpha value is -1.52. The zero-order valence-electron chi connectivity index (χ0n) is 12.1. The van der Waals surface area contributed by atoms with Crippen LogP contribution >= 0.6 is 11.3 Å². The Morgan fingerprint density at radius 3 is 2.75 bits per heavy atom. The van der Waals surface area contributed by atoms with Crippen molar-refractivity contribution < 1.29 is 9.84 Å². The SMILES string of the molecule is COc1cc(C(C)NC(C)Cc2cccs2)ccc1O. The molecule has 0 spiro atoms. The molecule has 108 valence electrons. The van der Waals surface area contributed by atoms with E-state index in [1.165, 1.54) is 4.88 Å². The first-order valence-corrected chi connectivity index (χ1v) is 7.63. The number of methoxy groups -OCH3 is 1. The zero-order valence-corrected chi connectivity index (χ0v) is 12.9. The second-order valence-electron chi connectivity index (χ2n) is 5.00. The highest BCUT2D eigenvalue weighted by atomic mass is 32.1. The third kappa shape index (κ3) is 3.74. The van der Waals surface area contributed by atoms with Gasteiger partial charge in [0.2, 0.25) is 0 Å². The largest absolute Gasteiger partial charge is 0.504 e. The molecule has 0 bridgehead atoms. The Morgan fingerprint density at radius 1 is 1.30 bits per heavy atom. The highest BCUT2D eigenvalue weighted by Crippen LogP contribution is 2.29. The van der Waals surface area contributed by atoms with Crippen molar-refractivity contribution in [2.75, 3.05) is 7.11 Å². The summed E-state index contributed by atoms with van der Waals surface area (Å²) in [6.07, 6.45) is 1.03. The summed E-state index contributed by atoms with van der Waals surface area (Å²) in [5.74, 6) is 0.692. The molecule has 1 aromatic heterocycles. The molecule has 0 amide bonds. The molecule has 2 N–H and O–H groups in total. The van der Waals surface area contributed by atoms with Gasteiger partial charge in [-0.2, -0.15) is 0 Å². The molecule has 2 rings (SSSR count). The first-order chi connectivity index (χ1) is 9.60. The standard InChI is InChI=1S/C16H21NO2S/c1-11(9-14-5-4-8-20-14)17-12(2)13-6-7-15(18)16(10-13)19-3/h4-8,10-12,17-18H,9H2,1-3H3. The van der Waals surface area contributed by atoms with Crippen LogP contribution in [0.3, 0.4) is 0 Å². The summed E-state index contributed by atoms with van der Waals surface area (Å²) < 4.78 is 5.15. The van der Waals surface area contributed by atoms with E-state index in [0.717, 1.165) is 12.0 Å². The van der Waals surface area contributed by atoms with Gasteiger partial charge in [0.25, 0.3) is 0 Å². The number of phenolic OH excluding ortho intramolecular Hbond substituents is 1. The van der Waals surface area contributed by atoms with Crippen molar-refractivity contribution in [1.29, 1.82) is 0 Å². The lowest BCUT2D eigenvalue weighted by molar-refractivity contribution is 0.371. The number of phenols is 1. The maximum Gasteiger partial charge on any atom is 0.160 e. The van der Waals surface area contributed by atoms with Crippen LogP contribution in [0.2, 0.25) is 0 Å². The van der Waals surface area contributed by atoms with Crippen LogP contribution < -0.4 is 10.1 Å². The molecule has 0 saturated carbocycles. The van der Waals surface area contributed by atoms with E-state index in [-0.39, 0.29) is 11.8 Å². The summed E-state index contributed by atoms with van der Waals surface area (Å²) in [4.78, 5) is 1.39. The average Bonchev–Trinajstić information content (AvgIpc) is 2.91. The summed E-state index contributed by atoms with van der Waals surface area (Å²) >= 11 is 1.79. The Morgan fingerprint density at radius 2 is 2.10 bits per heavy atom. The molecule has 0 aliphatic carbocycles. The second kappa shape index (κ2) is 6.77. The Bertz CT molecular complexity index is 539. The molecule has 0 radical (unpaired) electrons. The van der Waals surface area contributed by atoms with E-state index in [2.05, 4.69) is 36.7 Å². The summed E-state index contributed by atoms with van der Waals surface area (Å²) in [7, 11) is 1.57. The number of aromatic hydroxyl groups is 1. The van der Waals surface area contributed by atoms with Gasteiger partial charge in [-0.15, -0.1) is 11.3 Å². The molecule has 0 aliphatic rings. The maximum absolute atomic E-state index is 9.63. The molecular formula is C16H21NO2S. The van der Waals surface area contributed by atoms with Crippen molar-refractivity contribution in [3.05, 3.63) is 46.2 Å². The van der Waals surface area contributed by atoms with E-state index in [4.69, 9.17) is 4.74 Å². The van der Waals surface area contributed by atoms with E-state index in [1.54, 1.807) is 24.5 Å². The minimum Gasteiger partial charge on any atom is -0.504 e. The van der Waals surface area contributed by atoms with Crippen LogP contribution in [0.1, 0.15) is 30.3 Å². The first kappa shape index (κ1) is 14.9. The number of benzene rings is 1. The molecule has 0 saturated heterocycles. The van der Waals surface area contributed by atoms with Crippen molar-refractivity contribution in [3.8, 4) is 11.5 Å². The molecule has 3 nitrogen and oxygen atoms in total. The van der Waals surface area contributed by atoms with E-state index in [1.807, 2.05) is 12.1 Å². The quantitative estimate of drug-likeness (QED) is 0.852. The zero-order chi connectivity index (χ0) is 14.5. The lowest BCUT2D eigenvalue weighted by atomic mass is 10.1. The van der Waals surface area contributed by atoms with Crippen molar-refractivity contribution in [2.45, 2.75) is 32.4 Å². The minimum absolute atomic E-state index is 0.176. The van der Waals surface area contributed by atoms with Gasteiger partial charge >= 0.3 is 0 Å². The molecule has 0 fully saturated rings. The van der Waals surface area contributed by atoms with Crippen LogP contribution in [0.25, 0.3) is 0 Å². The maximum atomic E-state index is 9.63. The van der Waals surface area contributed by atoms with Crippen molar-refractivity contribution in [2.24, 2.45) is 0 Å². The van der Waals surface area contributed by atoms with Gasteiger partial charge in [-0.05, 0) is 49.4 Å². The molecule has 20 heavy (non-hydrogen) atoms. The third-order valence-corrected chi connectivity index (χ3v) is 4.22. The third-order valence-electron chi connectivity index (χ3n) is 3.33. The van der Waals surface area contributed by atoms with E-state index >= 15 is 0 Å². The lowest BCUT2D eigenvalue weighted by Crippen LogP contribution is -2.30. The number of hydrogen-bond donors (Lipinski definition) is 2. The van der Waals surface area contributed by atoms with Crippen LogP contribution in [0, 0.1) is 0 Å². The predicted molar refractivity (Wildman–Crippen MR) is 83.7 cm³/mol. The smallest absolute Gasteiger partial charge is 0.160 e. The highest BCUT2D eigenvalue weighted by molar-refractivity contribution is 7.09. The number of hydrogen-bond acceptors (Lipinski definition) is 4. The van der Waals surface area contributed by atoms with Gasteiger partial charge in [0.15, 0.2) is 11.5 Å². The van der Waals surface area contributed by atoms with Crippen LogP contribution in [0.4, 0.5) is 0 Å². The lowest BCUT2D eigenvalue weighted by Gasteiger charge is -2.20. The van der Waals surface area contributed by atoms with Crippen LogP contribution in [-0.4, -0.2) is 18.3 Å². The van der Waals surface area contributed by atoms with Crippen LogP contribution in [0.5, 0.6) is 11.5 Å². The molecule has 2 aromatic rings. The Balaban J connectivity index is 1.98. The first-order valence-electron chi connectivity index (χ1n) is 6.75. The number of rotatable bonds is 6. The molecular weight excluding hydrogens is 270 g/mol. The van der Waals surface area contributed by atoms with E-state index in [9.17, 15) is 5.11 Å². The number of ether oxygens (including phenoxy) is 1. The summed E-state index contributed by atoms with van der Waals surface area (Å²) in [5, 5.41) is 15.3. The highest BCUT2D eigenvalue weighted by Gasteiger charge is 2.12. The summed E-state index contributed by atoms with van der Waals surface area (Å²) in [6.45, 7) is 4.31. The number of thiophene rings is 1. The van der Waals surface area contributed by atoms with Gasteiger partial charge in [-0.3, -0.25) is 0 Å². The Kier molecular flexibility index (Phi) is 5.04. The van der Waals surface area contributed by atoms with Crippen molar-refractivity contribution in [3.63, 3.8) is 0 Å². The monoisotopic (exact) mass is 291 g/mol. The van der Waals surface area contributed by atoms with Gasteiger partial charge in [0.1, 0.15) is 0 Å². The summed E-state index contributed by atoms with van der Waals surface area (Å²) in [6, 6.07) is 10.3. The van der Waals surface area contributed by atoms with Crippen molar-refractivity contribution in [1.82, 2.24) is 5.32 Å². The second-order valence-corrected chi connectivity index (χ2v) is 6.04. The van der Waals surface area contributed by atoms with Gasteiger partial charge < -0.3 is 15.2 Å². The Labute approximate surface area is 124 Å². The average molecular weight is 291 g/mol. The fourth-order valence-electron chi connectivity index (χ4n) is 2.28. The molecule has 2 unspecified atom stereocenters. The topological polar surface area (TPSA) is 41.5 Å². The molecule has 1 aromatic carbocycles. The van der Waals surface area contributed by atoms with E-state index in [0.29, 0.717) is 11.8 Å². The van der Waals surface area contributed by atoms with Crippen LogP contribution in [0.15, 0.2) is 35.7 Å². The molecule has 1 heterocycles. The number of nitrogens with one attached hydrogen (secondary N) is 1. The van der Waals surface area contributed by atoms with Gasteiger partial charge in [-0.25, -0.2) is 0 Å². The van der Waals surface area contributed by atoms with Gasteiger partial charge in [0.05, 0.1) is 7.11 Å². The molecule has 0 aliphatic heterocycles. The van der Waals surface area contributed by atoms with Gasteiger partial charge in [-0.1, -0.05) is 12.1 Å². The minimum atomic E-state index is 0.176. The summed E-state index contributed by atoms with van der Waals surface area (Å²) in [5.41, 5.74) is 1.11. The predicted octanol–water partition coefficient (Wildman–Crippen LogP) is 3.74. The normalized spacial score (nSPS) is 13.9. The fraction of sp³-hybridized carbons (Fsp3) is 0.375. The van der Waals surface area contributed by atoms with Crippen LogP contribution in [-0.2, 0) is 6.42 Å². The fourth-order valence-corrected chi connectivity index (χ4v) is 3.11. The van der Waals surface area contributed by atoms with Gasteiger partial charge in [0, 0.05) is 17.0 Å².